The summed E-state index contributed by atoms with van der Waals surface area (Å²) < 4.78 is 44.3. The number of para-hydroxylation sites is 1. The molecule has 2 aromatic carbocycles. The lowest BCUT2D eigenvalue weighted by Gasteiger charge is -2.49. The van der Waals surface area contributed by atoms with Crippen molar-refractivity contribution in [2.75, 3.05) is 25.0 Å². The summed E-state index contributed by atoms with van der Waals surface area (Å²) in [4.78, 5) is 38.8. The second-order valence-electron chi connectivity index (χ2n) is 9.77. The fourth-order valence-electron chi connectivity index (χ4n) is 5.44. The third-order valence-electron chi connectivity index (χ3n) is 7.36. The van der Waals surface area contributed by atoms with E-state index in [1.54, 1.807) is 0 Å². The Morgan fingerprint density at radius 3 is 2.54 bits per heavy atom. The minimum Gasteiger partial charge on any atom is -0.438 e. The molecule has 196 valence electrons. The first-order valence-corrected chi connectivity index (χ1v) is 12.2. The van der Waals surface area contributed by atoms with Crippen molar-refractivity contribution in [2.24, 2.45) is 0 Å². The van der Waals surface area contributed by atoms with Crippen molar-refractivity contribution in [1.29, 1.82) is 0 Å². The number of likely N-dealkylation sites (tertiary alicyclic amines) is 1. The summed E-state index contributed by atoms with van der Waals surface area (Å²) in [5.74, 6) is -1.14. The monoisotopic (exact) mass is 516 g/mol. The van der Waals surface area contributed by atoms with Crippen LogP contribution in [0.5, 0.6) is 0 Å². The van der Waals surface area contributed by atoms with Gasteiger partial charge in [-0.2, -0.15) is 13.2 Å². The maximum Gasteiger partial charge on any atom is 0.416 e. The molecule has 2 aromatic rings. The van der Waals surface area contributed by atoms with Crippen LogP contribution in [0.15, 0.2) is 48.5 Å². The Labute approximate surface area is 211 Å². The number of halogens is 3. The van der Waals surface area contributed by atoms with Gasteiger partial charge in [-0.05, 0) is 49.9 Å². The molecule has 3 amide bonds. The molecule has 2 aliphatic heterocycles. The highest BCUT2D eigenvalue weighted by Crippen LogP contribution is 2.47. The van der Waals surface area contributed by atoms with Crippen LogP contribution >= 0.6 is 0 Å². The van der Waals surface area contributed by atoms with E-state index in [4.69, 9.17) is 4.74 Å². The van der Waals surface area contributed by atoms with Gasteiger partial charge in [0.25, 0.3) is 5.91 Å². The second-order valence-corrected chi connectivity index (χ2v) is 9.77. The lowest BCUT2D eigenvalue weighted by atomic mass is 9.75. The molecule has 11 heteroatoms. The maximum atomic E-state index is 12.8. The number of alkyl halides is 3. The highest BCUT2D eigenvalue weighted by Gasteiger charge is 2.46. The van der Waals surface area contributed by atoms with Crippen LogP contribution in [-0.4, -0.2) is 54.5 Å². The Hall–Kier alpha value is -3.60. The molecule has 3 aliphatic rings. The summed E-state index contributed by atoms with van der Waals surface area (Å²) in [5, 5.41) is 7.99. The van der Waals surface area contributed by atoms with Crippen molar-refractivity contribution < 1.29 is 32.3 Å². The Balaban J connectivity index is 1.06. The third-order valence-corrected chi connectivity index (χ3v) is 7.36. The highest BCUT2D eigenvalue weighted by molar-refractivity contribution is 5.96. The summed E-state index contributed by atoms with van der Waals surface area (Å²) in [6.07, 6.45) is -1.83. The zero-order valence-electron chi connectivity index (χ0n) is 19.9. The number of ether oxygens (including phenoxy) is 1. The number of hydrogen-bond donors (Lipinski definition) is 3. The number of anilines is 1. The predicted octanol–water partition coefficient (Wildman–Crippen LogP) is 3.64. The molecule has 0 unspecified atom stereocenters. The van der Waals surface area contributed by atoms with E-state index in [2.05, 4.69) is 20.9 Å². The normalized spacial score (nSPS) is 23.9. The molecule has 2 heterocycles. The largest absolute Gasteiger partial charge is 0.438 e. The standard InChI is InChI=1S/C26H27F3N4O4/c27-26(28,29)17-5-3-4-16(12-17)23(35)30-13-22(34)31-18-14-33(15-18)19-8-10-25(11-9-19)20-6-1-2-7-21(20)32-24(36)37-25/h1-7,12,18-19H,8-11,13-15H2,(H,30,35)(H,31,34)(H,32,36)/t19-,25-. The second kappa shape index (κ2) is 9.70. The quantitative estimate of drug-likeness (QED) is 0.564. The molecule has 0 aromatic heterocycles. The zero-order valence-corrected chi connectivity index (χ0v) is 19.9. The van der Waals surface area contributed by atoms with Gasteiger partial charge < -0.3 is 15.4 Å². The van der Waals surface area contributed by atoms with Gasteiger partial charge in [0.2, 0.25) is 5.91 Å². The summed E-state index contributed by atoms with van der Waals surface area (Å²) in [5.41, 5.74) is 0.120. The fourth-order valence-corrected chi connectivity index (χ4v) is 5.44. The van der Waals surface area contributed by atoms with Crippen molar-refractivity contribution in [1.82, 2.24) is 15.5 Å². The van der Waals surface area contributed by atoms with E-state index in [0.717, 1.165) is 55.1 Å². The predicted molar refractivity (Wildman–Crippen MR) is 128 cm³/mol. The number of rotatable bonds is 5. The minimum atomic E-state index is -4.55. The van der Waals surface area contributed by atoms with Gasteiger partial charge in [0.05, 0.1) is 23.8 Å². The highest BCUT2D eigenvalue weighted by atomic mass is 19.4. The van der Waals surface area contributed by atoms with Gasteiger partial charge in [0, 0.05) is 30.3 Å². The Morgan fingerprint density at radius 1 is 1.08 bits per heavy atom. The molecule has 0 atom stereocenters. The average molecular weight is 517 g/mol. The van der Waals surface area contributed by atoms with E-state index in [-0.39, 0.29) is 18.2 Å². The number of benzene rings is 2. The van der Waals surface area contributed by atoms with E-state index in [1.807, 2.05) is 24.3 Å². The summed E-state index contributed by atoms with van der Waals surface area (Å²) in [6, 6.07) is 12.0. The first-order valence-electron chi connectivity index (χ1n) is 12.2. The van der Waals surface area contributed by atoms with Gasteiger partial charge >= 0.3 is 12.3 Å². The van der Waals surface area contributed by atoms with Gasteiger partial charge in [-0.1, -0.05) is 24.3 Å². The number of nitrogens with one attached hydrogen (secondary N) is 3. The molecule has 1 saturated heterocycles. The van der Waals surface area contributed by atoms with Crippen LogP contribution in [0.4, 0.5) is 23.7 Å². The Kier molecular flexibility index (Phi) is 6.57. The topological polar surface area (TPSA) is 99.8 Å². The number of amides is 3. The third kappa shape index (κ3) is 5.27. The summed E-state index contributed by atoms with van der Waals surface area (Å²) in [6.45, 7) is 1.02. The van der Waals surface area contributed by atoms with Crippen LogP contribution in [0.25, 0.3) is 0 Å². The number of carbonyl (C=O) groups is 3. The molecule has 5 rings (SSSR count). The first-order chi connectivity index (χ1) is 17.6. The fraction of sp³-hybridized carbons (Fsp3) is 0.423. The smallest absolute Gasteiger partial charge is 0.416 e. The molecule has 0 radical (unpaired) electrons. The molecule has 2 fully saturated rings. The van der Waals surface area contributed by atoms with Crippen LogP contribution in [0.1, 0.15) is 47.2 Å². The van der Waals surface area contributed by atoms with Crippen molar-refractivity contribution in [2.45, 2.75) is 49.5 Å². The molecular formula is C26H27F3N4O4. The first kappa shape index (κ1) is 25.1. The van der Waals surface area contributed by atoms with E-state index in [0.29, 0.717) is 19.1 Å². The minimum absolute atomic E-state index is 0.0636. The number of carbonyl (C=O) groups excluding carboxylic acids is 3. The molecule has 1 spiro atoms. The van der Waals surface area contributed by atoms with E-state index in [1.165, 1.54) is 6.07 Å². The van der Waals surface area contributed by atoms with Gasteiger partial charge in [-0.25, -0.2) is 4.79 Å². The van der Waals surface area contributed by atoms with Crippen LogP contribution < -0.4 is 16.0 Å². The SMILES string of the molecule is O=C(CNC(=O)c1cccc(C(F)(F)F)c1)NC1CN([C@H]2CC[C@@]3(CC2)OC(=O)Nc2ccccc23)C1. The number of nitrogens with zero attached hydrogens (tertiary/aromatic N) is 1. The van der Waals surface area contributed by atoms with Gasteiger partial charge in [0.1, 0.15) is 5.60 Å². The molecular weight excluding hydrogens is 489 g/mol. The number of hydrogen-bond acceptors (Lipinski definition) is 5. The van der Waals surface area contributed by atoms with E-state index < -0.39 is 35.2 Å². The summed E-state index contributed by atoms with van der Waals surface area (Å²) >= 11 is 0. The summed E-state index contributed by atoms with van der Waals surface area (Å²) in [7, 11) is 0. The zero-order chi connectivity index (χ0) is 26.2. The average Bonchev–Trinajstić information content (AvgIpc) is 2.85. The Morgan fingerprint density at radius 2 is 1.81 bits per heavy atom. The van der Waals surface area contributed by atoms with Gasteiger partial charge in [-0.15, -0.1) is 0 Å². The van der Waals surface area contributed by atoms with Crippen LogP contribution in [-0.2, 0) is 21.3 Å². The van der Waals surface area contributed by atoms with Crippen molar-refractivity contribution in [3.63, 3.8) is 0 Å². The molecule has 3 N–H and O–H groups in total. The molecule has 1 saturated carbocycles. The molecule has 0 bridgehead atoms. The van der Waals surface area contributed by atoms with Gasteiger partial charge in [-0.3, -0.25) is 19.8 Å². The van der Waals surface area contributed by atoms with Crippen LogP contribution in [0, 0.1) is 0 Å². The lowest BCUT2D eigenvalue weighted by molar-refractivity contribution is -0.137. The van der Waals surface area contributed by atoms with Crippen molar-refractivity contribution >= 4 is 23.6 Å². The molecule has 8 nitrogen and oxygen atoms in total. The van der Waals surface area contributed by atoms with Crippen LogP contribution in [0.2, 0.25) is 0 Å². The van der Waals surface area contributed by atoms with Crippen LogP contribution in [0.3, 0.4) is 0 Å². The Bertz CT molecular complexity index is 1200. The van der Waals surface area contributed by atoms with Crippen molar-refractivity contribution in [3.05, 3.63) is 65.2 Å². The van der Waals surface area contributed by atoms with Gasteiger partial charge in [0.15, 0.2) is 0 Å². The van der Waals surface area contributed by atoms with E-state index in [9.17, 15) is 27.6 Å². The maximum absolute atomic E-state index is 12.8. The van der Waals surface area contributed by atoms with Crippen molar-refractivity contribution in [3.8, 4) is 0 Å². The van der Waals surface area contributed by atoms with E-state index >= 15 is 0 Å². The molecule has 37 heavy (non-hydrogen) atoms. The lowest BCUT2D eigenvalue weighted by Crippen LogP contribution is -2.63. The number of fused-ring (bicyclic) bond motifs is 2. The molecule has 1 aliphatic carbocycles.